The Balaban J connectivity index is 1.92. The molecule has 0 unspecified atom stereocenters. The van der Waals surface area contributed by atoms with Crippen molar-refractivity contribution in [1.29, 1.82) is 0 Å². The second kappa shape index (κ2) is 8.37. The molecule has 0 saturated carbocycles. The van der Waals surface area contributed by atoms with E-state index in [2.05, 4.69) is 5.32 Å². The summed E-state index contributed by atoms with van der Waals surface area (Å²) >= 11 is 1.52. The predicted molar refractivity (Wildman–Crippen MR) is 135 cm³/mol. The molecule has 3 aromatic heterocycles. The van der Waals surface area contributed by atoms with E-state index in [1.54, 1.807) is 4.57 Å². The number of aromatic nitrogens is 5. The van der Waals surface area contributed by atoms with Crippen LogP contribution in [0.15, 0.2) is 70.5 Å². The molecule has 0 bridgehead atoms. The summed E-state index contributed by atoms with van der Waals surface area (Å²) in [5.41, 5.74) is 3.44. The molecule has 0 amide bonds. The summed E-state index contributed by atoms with van der Waals surface area (Å²) < 4.78 is 3.46. The lowest BCUT2D eigenvalue weighted by atomic mass is 10.2. The Morgan fingerprint density at radius 3 is 2.15 bits per heavy atom. The normalized spacial score (nSPS) is 11.5. The molecule has 166 valence electrons. The van der Waals surface area contributed by atoms with Gasteiger partial charge in [0, 0.05) is 6.04 Å². The van der Waals surface area contributed by atoms with E-state index in [0.29, 0.717) is 28.2 Å². The highest BCUT2D eigenvalue weighted by molar-refractivity contribution is 7.98. The average molecular weight is 457 g/mol. The van der Waals surface area contributed by atoms with Gasteiger partial charge in [0.25, 0.3) is 5.56 Å². The Kier molecular flexibility index (Phi) is 5.38. The van der Waals surface area contributed by atoms with E-state index >= 15 is 0 Å². The van der Waals surface area contributed by atoms with Crippen LogP contribution >= 0.6 is 11.8 Å². The van der Waals surface area contributed by atoms with Crippen molar-refractivity contribution in [2.45, 2.75) is 31.8 Å². The molecule has 0 atom stereocenters. The van der Waals surface area contributed by atoms with Crippen molar-refractivity contribution >= 4 is 39.6 Å². The maximum Gasteiger partial charge on any atom is 0.269 e. The highest BCUT2D eigenvalue weighted by atomic mass is 32.2. The minimum absolute atomic E-state index is 0.0924. The molecule has 0 aliphatic carbocycles. The van der Waals surface area contributed by atoms with E-state index in [0.717, 1.165) is 21.8 Å². The number of nitrogens with one attached hydrogen (secondary N) is 1. The second-order valence-electron chi connectivity index (χ2n) is 8.09. The lowest BCUT2D eigenvalue weighted by Crippen LogP contribution is -2.26. The summed E-state index contributed by atoms with van der Waals surface area (Å²) in [6.07, 6.45) is 1.97. The molecule has 2 aromatic carbocycles. The molecule has 7 nitrogen and oxygen atoms in total. The van der Waals surface area contributed by atoms with Gasteiger partial charge in [-0.3, -0.25) is 4.79 Å². The number of anilines is 1. The Morgan fingerprint density at radius 1 is 0.909 bits per heavy atom. The van der Waals surface area contributed by atoms with Crippen molar-refractivity contribution < 1.29 is 0 Å². The third kappa shape index (κ3) is 3.56. The molecule has 0 saturated heterocycles. The van der Waals surface area contributed by atoms with E-state index < -0.39 is 0 Å². The molecule has 0 fully saturated rings. The highest BCUT2D eigenvalue weighted by Gasteiger charge is 2.23. The summed E-state index contributed by atoms with van der Waals surface area (Å²) in [6.45, 7) is 5.91. The van der Waals surface area contributed by atoms with Gasteiger partial charge in [-0.2, -0.15) is 5.10 Å². The number of hydrogen-bond donors (Lipinski definition) is 1. The van der Waals surface area contributed by atoms with Crippen molar-refractivity contribution in [3.63, 3.8) is 0 Å². The van der Waals surface area contributed by atoms with Crippen molar-refractivity contribution in [2.24, 2.45) is 0 Å². The van der Waals surface area contributed by atoms with Crippen LogP contribution < -0.4 is 10.9 Å². The Labute approximate surface area is 195 Å². The van der Waals surface area contributed by atoms with E-state index in [1.165, 1.54) is 11.8 Å². The van der Waals surface area contributed by atoms with Crippen molar-refractivity contribution in [3.05, 3.63) is 76.7 Å². The zero-order chi connectivity index (χ0) is 23.1. The topological polar surface area (TPSA) is 77.6 Å². The molecule has 1 N–H and O–H groups in total. The minimum Gasteiger partial charge on any atom is -0.353 e. The van der Waals surface area contributed by atoms with Gasteiger partial charge in [-0.25, -0.2) is 19.2 Å². The van der Waals surface area contributed by atoms with Gasteiger partial charge in [-0.1, -0.05) is 36.4 Å². The van der Waals surface area contributed by atoms with Crippen molar-refractivity contribution in [2.75, 3.05) is 11.6 Å². The number of hydrogen-bond acceptors (Lipinski definition) is 6. The van der Waals surface area contributed by atoms with Crippen LogP contribution in [0.2, 0.25) is 0 Å². The number of rotatable bonds is 5. The lowest BCUT2D eigenvalue weighted by Gasteiger charge is -2.17. The summed E-state index contributed by atoms with van der Waals surface area (Å²) in [4.78, 5) is 23.7. The van der Waals surface area contributed by atoms with E-state index in [1.807, 2.05) is 92.4 Å². The number of aryl methyl sites for hydroxylation is 1. The number of benzene rings is 2. The molecule has 0 spiro atoms. The average Bonchev–Trinajstić information content (AvgIpc) is 3.18. The van der Waals surface area contributed by atoms with E-state index in [9.17, 15) is 4.79 Å². The maximum absolute atomic E-state index is 13.9. The minimum atomic E-state index is -0.152. The van der Waals surface area contributed by atoms with Crippen molar-refractivity contribution in [3.8, 4) is 11.4 Å². The molecular weight excluding hydrogens is 432 g/mol. The quantitative estimate of drug-likeness (QED) is 0.376. The number of fused-ring (bicyclic) bond motifs is 3. The van der Waals surface area contributed by atoms with Crippen molar-refractivity contribution in [1.82, 2.24) is 24.3 Å². The summed E-state index contributed by atoms with van der Waals surface area (Å²) in [5, 5.41) is 10.3. The summed E-state index contributed by atoms with van der Waals surface area (Å²) in [6, 6.07) is 19.5. The van der Waals surface area contributed by atoms with Crippen LogP contribution in [-0.4, -0.2) is 36.6 Å². The van der Waals surface area contributed by atoms with Gasteiger partial charge in [0.05, 0.1) is 33.4 Å². The van der Waals surface area contributed by atoms with Gasteiger partial charge in [0.1, 0.15) is 5.03 Å². The van der Waals surface area contributed by atoms with Crippen LogP contribution in [0.3, 0.4) is 0 Å². The first-order chi connectivity index (χ1) is 16.0. The molecule has 0 aliphatic heterocycles. The molecule has 33 heavy (non-hydrogen) atoms. The zero-order valence-corrected chi connectivity index (χ0v) is 19.7. The summed E-state index contributed by atoms with van der Waals surface area (Å²) in [5.74, 6) is 0.500. The van der Waals surface area contributed by atoms with E-state index in [4.69, 9.17) is 15.1 Å². The Morgan fingerprint density at radius 2 is 1.55 bits per heavy atom. The lowest BCUT2D eigenvalue weighted by molar-refractivity contribution is 0.844. The van der Waals surface area contributed by atoms with Crippen LogP contribution in [0, 0.1) is 6.92 Å². The first-order valence-electron chi connectivity index (χ1n) is 10.8. The largest absolute Gasteiger partial charge is 0.353 e. The molecule has 5 aromatic rings. The molecule has 5 rings (SSSR count). The standard InChI is InChI=1S/C25H24N6OS/c1-15(2)26-25-28-21-19(24(32)30(25)17-11-7-5-8-12-17)16(3)27-22-20(21)23(33-4)29-31(22)18-13-9-6-10-14-18/h5-15H,1-4H3,(H,26,28). The molecule has 8 heteroatoms. The van der Waals surface area contributed by atoms with Gasteiger partial charge in [0.2, 0.25) is 5.95 Å². The molecule has 0 aliphatic rings. The number of para-hydroxylation sites is 2. The zero-order valence-electron chi connectivity index (χ0n) is 18.9. The predicted octanol–water partition coefficient (Wildman–Crippen LogP) is 4.97. The van der Waals surface area contributed by atoms with Crippen LogP contribution in [0.4, 0.5) is 5.95 Å². The summed E-state index contributed by atoms with van der Waals surface area (Å²) in [7, 11) is 0. The molecular formula is C25H24N6OS. The molecule has 0 radical (unpaired) electrons. The maximum atomic E-state index is 13.9. The third-order valence-electron chi connectivity index (χ3n) is 5.41. The van der Waals surface area contributed by atoms with Crippen LogP contribution in [-0.2, 0) is 0 Å². The number of nitrogens with zero attached hydrogens (tertiary/aromatic N) is 5. The van der Waals surface area contributed by atoms with Gasteiger partial charge < -0.3 is 5.32 Å². The SMILES string of the molecule is CSc1nn(-c2ccccc2)c2nc(C)c3c(=O)n(-c4ccccc4)c(NC(C)C)nc3c12. The first-order valence-corrected chi connectivity index (χ1v) is 12.0. The fraction of sp³-hybridized carbons (Fsp3) is 0.200. The Hall–Kier alpha value is -3.65. The third-order valence-corrected chi connectivity index (χ3v) is 6.08. The monoisotopic (exact) mass is 456 g/mol. The van der Waals surface area contributed by atoms with Crippen LogP contribution in [0.1, 0.15) is 19.5 Å². The second-order valence-corrected chi connectivity index (χ2v) is 8.88. The number of thioether (sulfide) groups is 1. The fourth-order valence-corrected chi connectivity index (χ4v) is 4.56. The van der Waals surface area contributed by atoms with Gasteiger partial charge in [0.15, 0.2) is 5.65 Å². The number of pyridine rings is 1. The van der Waals surface area contributed by atoms with Crippen LogP contribution in [0.5, 0.6) is 0 Å². The van der Waals surface area contributed by atoms with Gasteiger partial charge >= 0.3 is 0 Å². The molecule has 3 heterocycles. The fourth-order valence-electron chi connectivity index (χ4n) is 4.01. The van der Waals surface area contributed by atoms with Gasteiger partial charge in [-0.05, 0) is 51.3 Å². The first kappa shape index (κ1) is 21.2. The highest BCUT2D eigenvalue weighted by Crippen LogP contribution is 2.33. The van der Waals surface area contributed by atoms with E-state index in [-0.39, 0.29) is 11.6 Å². The van der Waals surface area contributed by atoms with Gasteiger partial charge in [-0.15, -0.1) is 11.8 Å². The smallest absolute Gasteiger partial charge is 0.269 e. The Bertz CT molecular complexity index is 1520. The van der Waals surface area contributed by atoms with Crippen LogP contribution in [0.25, 0.3) is 33.3 Å².